The molecule has 0 radical (unpaired) electrons. The molecule has 0 bridgehead atoms. The fourth-order valence-corrected chi connectivity index (χ4v) is 2.85. The lowest BCUT2D eigenvalue weighted by atomic mass is 9.93. The van der Waals surface area contributed by atoms with Crippen molar-refractivity contribution in [1.82, 2.24) is 10.2 Å². The van der Waals surface area contributed by atoms with E-state index in [2.05, 4.69) is 17.1 Å². The van der Waals surface area contributed by atoms with Crippen LogP contribution in [0.2, 0.25) is 0 Å². The Kier molecular flexibility index (Phi) is 6.34. The van der Waals surface area contributed by atoms with Crippen LogP contribution in [0.3, 0.4) is 0 Å². The van der Waals surface area contributed by atoms with Crippen molar-refractivity contribution in [1.29, 1.82) is 0 Å². The topological polar surface area (TPSA) is 52.6 Å². The summed E-state index contributed by atoms with van der Waals surface area (Å²) in [5, 5.41) is 12.8. The highest BCUT2D eigenvalue weighted by Crippen LogP contribution is 2.20. The van der Waals surface area contributed by atoms with Gasteiger partial charge in [0.1, 0.15) is 5.82 Å². The van der Waals surface area contributed by atoms with E-state index in [1.54, 1.807) is 0 Å². The van der Waals surface area contributed by atoms with Crippen LogP contribution in [0.4, 0.5) is 4.39 Å². The maximum Gasteiger partial charge on any atom is 0.220 e. The fraction of sp³-hybridized carbons (Fsp3) is 0.588. The quantitative estimate of drug-likeness (QED) is 0.846. The molecule has 0 aliphatic carbocycles. The number of nitrogens with zero attached hydrogens (tertiary/aromatic N) is 1. The van der Waals surface area contributed by atoms with Crippen molar-refractivity contribution in [2.45, 2.75) is 32.3 Å². The van der Waals surface area contributed by atoms with Crippen molar-refractivity contribution < 1.29 is 14.3 Å². The van der Waals surface area contributed by atoms with Crippen LogP contribution in [-0.4, -0.2) is 42.1 Å². The number of rotatable bonds is 6. The molecular formula is C17H25FN2O2. The summed E-state index contributed by atoms with van der Waals surface area (Å²) in [6.45, 7) is 5.52. The standard InChI is InChI=1S/C17H25FN2O2/c1-2-20-9-7-13(8-10-20)11-17(22)19-12-16(21)14-3-5-15(18)6-4-14/h3-6,13,16,21H,2,7-12H2,1H3,(H,19,22)/t16-/m0/s1. The molecule has 1 atom stereocenters. The highest BCUT2D eigenvalue weighted by molar-refractivity contribution is 5.76. The van der Waals surface area contributed by atoms with E-state index < -0.39 is 6.10 Å². The third-order valence-electron chi connectivity index (χ3n) is 4.38. The van der Waals surface area contributed by atoms with Gasteiger partial charge in [0.15, 0.2) is 0 Å². The second-order valence-corrected chi connectivity index (χ2v) is 5.95. The van der Waals surface area contributed by atoms with Crippen LogP contribution in [-0.2, 0) is 4.79 Å². The van der Waals surface area contributed by atoms with Gasteiger partial charge < -0.3 is 15.3 Å². The minimum absolute atomic E-state index is 0.0175. The number of hydrogen-bond donors (Lipinski definition) is 2. The van der Waals surface area contributed by atoms with Crippen LogP contribution in [0.15, 0.2) is 24.3 Å². The largest absolute Gasteiger partial charge is 0.387 e. The number of carbonyl (C=O) groups is 1. The molecule has 0 unspecified atom stereocenters. The van der Waals surface area contributed by atoms with Crippen LogP contribution in [0.25, 0.3) is 0 Å². The minimum Gasteiger partial charge on any atom is -0.387 e. The number of carbonyl (C=O) groups excluding carboxylic acids is 1. The smallest absolute Gasteiger partial charge is 0.220 e. The second kappa shape index (κ2) is 8.25. The predicted molar refractivity (Wildman–Crippen MR) is 83.8 cm³/mol. The fourth-order valence-electron chi connectivity index (χ4n) is 2.85. The van der Waals surface area contributed by atoms with Crippen LogP contribution < -0.4 is 5.32 Å². The Morgan fingerprint density at radius 2 is 2.00 bits per heavy atom. The van der Waals surface area contributed by atoms with Crippen LogP contribution in [0.5, 0.6) is 0 Å². The normalized spacial score (nSPS) is 18.1. The summed E-state index contributed by atoms with van der Waals surface area (Å²) in [7, 11) is 0. The van der Waals surface area contributed by atoms with Gasteiger partial charge in [-0.3, -0.25) is 4.79 Å². The molecule has 1 saturated heterocycles. The molecule has 2 N–H and O–H groups in total. The van der Waals surface area contributed by atoms with Gasteiger partial charge >= 0.3 is 0 Å². The molecule has 1 aromatic rings. The number of halogens is 1. The zero-order chi connectivity index (χ0) is 15.9. The van der Waals surface area contributed by atoms with E-state index >= 15 is 0 Å². The third kappa shape index (κ3) is 5.07. The first-order chi connectivity index (χ1) is 10.6. The number of benzene rings is 1. The minimum atomic E-state index is -0.800. The molecule has 1 amide bonds. The lowest BCUT2D eigenvalue weighted by Crippen LogP contribution is -2.36. The van der Waals surface area contributed by atoms with Gasteiger partial charge in [-0.15, -0.1) is 0 Å². The summed E-state index contributed by atoms with van der Waals surface area (Å²) in [6, 6.07) is 5.68. The molecule has 0 saturated carbocycles. The van der Waals surface area contributed by atoms with Gasteiger partial charge in [-0.25, -0.2) is 4.39 Å². The van der Waals surface area contributed by atoms with Gasteiger partial charge in [-0.2, -0.15) is 0 Å². The number of nitrogens with one attached hydrogen (secondary N) is 1. The van der Waals surface area contributed by atoms with E-state index in [9.17, 15) is 14.3 Å². The molecule has 4 nitrogen and oxygen atoms in total. The van der Waals surface area contributed by atoms with Gasteiger partial charge in [-0.05, 0) is 56.1 Å². The lowest BCUT2D eigenvalue weighted by Gasteiger charge is -2.30. The molecule has 1 aliphatic heterocycles. The molecule has 1 aliphatic rings. The Morgan fingerprint density at radius 3 is 2.59 bits per heavy atom. The average molecular weight is 308 g/mol. The number of hydrogen-bond acceptors (Lipinski definition) is 3. The van der Waals surface area contributed by atoms with Gasteiger partial charge in [-0.1, -0.05) is 19.1 Å². The number of piperidine rings is 1. The Labute approximate surface area is 131 Å². The van der Waals surface area contributed by atoms with Crippen molar-refractivity contribution in [2.75, 3.05) is 26.2 Å². The Bertz CT molecular complexity index is 470. The van der Waals surface area contributed by atoms with E-state index in [4.69, 9.17) is 0 Å². The van der Waals surface area contributed by atoms with Crippen molar-refractivity contribution in [3.05, 3.63) is 35.6 Å². The number of aliphatic hydroxyl groups is 1. The average Bonchev–Trinajstić information content (AvgIpc) is 2.54. The third-order valence-corrected chi connectivity index (χ3v) is 4.38. The van der Waals surface area contributed by atoms with Gasteiger partial charge in [0, 0.05) is 13.0 Å². The first kappa shape index (κ1) is 16.9. The Hall–Kier alpha value is -1.46. The summed E-state index contributed by atoms with van der Waals surface area (Å²) in [5.74, 6) is 0.0836. The predicted octanol–water partition coefficient (Wildman–Crippen LogP) is 2.10. The summed E-state index contributed by atoms with van der Waals surface area (Å²) < 4.78 is 12.8. The number of aliphatic hydroxyl groups excluding tert-OH is 1. The lowest BCUT2D eigenvalue weighted by molar-refractivity contribution is -0.122. The Morgan fingerprint density at radius 1 is 1.36 bits per heavy atom. The van der Waals surface area contributed by atoms with E-state index in [0.717, 1.165) is 32.5 Å². The molecule has 5 heteroatoms. The summed E-state index contributed by atoms with van der Waals surface area (Å²) in [5.41, 5.74) is 0.609. The Balaban J connectivity index is 1.70. The van der Waals surface area contributed by atoms with Gasteiger partial charge in [0.25, 0.3) is 0 Å². The summed E-state index contributed by atoms with van der Waals surface area (Å²) >= 11 is 0. The SMILES string of the molecule is CCN1CCC(CC(=O)NC[C@H](O)c2ccc(F)cc2)CC1. The summed E-state index contributed by atoms with van der Waals surface area (Å²) in [4.78, 5) is 14.4. The molecule has 1 fully saturated rings. The van der Waals surface area contributed by atoms with Crippen LogP contribution in [0.1, 0.15) is 37.9 Å². The molecule has 1 aromatic carbocycles. The van der Waals surface area contributed by atoms with Crippen LogP contribution in [0, 0.1) is 11.7 Å². The van der Waals surface area contributed by atoms with Gasteiger partial charge in [0.05, 0.1) is 6.10 Å². The van der Waals surface area contributed by atoms with Crippen molar-refractivity contribution >= 4 is 5.91 Å². The van der Waals surface area contributed by atoms with E-state index in [-0.39, 0.29) is 18.3 Å². The maximum absolute atomic E-state index is 12.8. The molecule has 122 valence electrons. The zero-order valence-corrected chi connectivity index (χ0v) is 13.1. The molecule has 1 heterocycles. The first-order valence-electron chi connectivity index (χ1n) is 8.01. The summed E-state index contributed by atoms with van der Waals surface area (Å²) in [6.07, 6.45) is 1.84. The van der Waals surface area contributed by atoms with E-state index in [1.165, 1.54) is 24.3 Å². The second-order valence-electron chi connectivity index (χ2n) is 5.95. The zero-order valence-electron chi connectivity index (χ0n) is 13.1. The monoisotopic (exact) mass is 308 g/mol. The van der Waals surface area contributed by atoms with E-state index in [0.29, 0.717) is 17.9 Å². The van der Waals surface area contributed by atoms with Crippen molar-refractivity contribution in [3.63, 3.8) is 0 Å². The molecule has 22 heavy (non-hydrogen) atoms. The highest BCUT2D eigenvalue weighted by atomic mass is 19.1. The van der Waals surface area contributed by atoms with Gasteiger partial charge in [0.2, 0.25) is 5.91 Å². The molecule has 0 aromatic heterocycles. The highest BCUT2D eigenvalue weighted by Gasteiger charge is 2.20. The molecule has 2 rings (SSSR count). The number of likely N-dealkylation sites (tertiary alicyclic amines) is 1. The molecular weight excluding hydrogens is 283 g/mol. The maximum atomic E-state index is 12.8. The van der Waals surface area contributed by atoms with Crippen molar-refractivity contribution in [3.8, 4) is 0 Å². The van der Waals surface area contributed by atoms with Crippen LogP contribution >= 0.6 is 0 Å². The molecule has 0 spiro atoms. The van der Waals surface area contributed by atoms with Crippen molar-refractivity contribution in [2.24, 2.45) is 5.92 Å². The first-order valence-corrected chi connectivity index (χ1v) is 8.01. The number of amides is 1. The van der Waals surface area contributed by atoms with E-state index in [1.807, 2.05) is 0 Å².